The van der Waals surface area contributed by atoms with E-state index >= 15 is 0 Å². The summed E-state index contributed by atoms with van der Waals surface area (Å²) in [5.41, 5.74) is -0.641. The first kappa shape index (κ1) is 26.1. The number of rotatable bonds is 5. The second-order valence-electron chi connectivity index (χ2n) is 10.2. The van der Waals surface area contributed by atoms with Crippen molar-refractivity contribution in [2.75, 3.05) is 44.7 Å². The highest BCUT2D eigenvalue weighted by molar-refractivity contribution is 6.30. The number of carbonyl (C=O) groups excluding carboxylic acids is 1. The average molecular weight is 520 g/mol. The van der Waals surface area contributed by atoms with Crippen LogP contribution in [0.2, 0.25) is 5.15 Å². The number of ether oxygens (including phenoxy) is 2. The van der Waals surface area contributed by atoms with E-state index in [4.69, 9.17) is 21.1 Å². The summed E-state index contributed by atoms with van der Waals surface area (Å²) in [6.45, 7) is 7.76. The zero-order valence-corrected chi connectivity index (χ0v) is 21.8. The lowest BCUT2D eigenvalue weighted by Crippen LogP contribution is -2.56. The fourth-order valence-electron chi connectivity index (χ4n) is 4.55. The maximum Gasteiger partial charge on any atom is 0.410 e. The Morgan fingerprint density at radius 2 is 2.06 bits per heavy atom. The molecule has 0 spiro atoms. The van der Waals surface area contributed by atoms with Crippen LogP contribution in [0.4, 0.5) is 15.0 Å². The molecule has 0 aromatic carbocycles. The van der Waals surface area contributed by atoms with Gasteiger partial charge in [-0.25, -0.2) is 14.2 Å². The minimum absolute atomic E-state index is 0.0150. The van der Waals surface area contributed by atoms with Crippen molar-refractivity contribution in [3.05, 3.63) is 17.2 Å². The molecule has 2 aliphatic rings. The first-order valence-electron chi connectivity index (χ1n) is 12.0. The summed E-state index contributed by atoms with van der Waals surface area (Å²) in [5.74, 6) is -0.328. The monoisotopic (exact) mass is 519 g/mol. The molecule has 1 amide bonds. The van der Waals surface area contributed by atoms with Crippen molar-refractivity contribution < 1.29 is 18.7 Å². The summed E-state index contributed by atoms with van der Waals surface area (Å²) in [5, 5.41) is 9.51. The fourth-order valence-corrected chi connectivity index (χ4v) is 4.69. The lowest BCUT2D eigenvalue weighted by Gasteiger charge is -2.41. The molecule has 12 heteroatoms. The Hall–Kier alpha value is -2.97. The van der Waals surface area contributed by atoms with Gasteiger partial charge in [0.15, 0.2) is 11.0 Å². The number of aromatic nitrogens is 3. The van der Waals surface area contributed by atoms with E-state index in [0.29, 0.717) is 37.4 Å². The average Bonchev–Trinajstić information content (AvgIpc) is 3.23. The van der Waals surface area contributed by atoms with E-state index in [0.717, 1.165) is 19.4 Å². The van der Waals surface area contributed by atoms with Crippen LogP contribution in [-0.4, -0.2) is 88.4 Å². The Morgan fingerprint density at radius 1 is 1.28 bits per heavy atom. The van der Waals surface area contributed by atoms with Crippen LogP contribution in [0.1, 0.15) is 40.0 Å². The highest BCUT2D eigenvalue weighted by Crippen LogP contribution is 2.32. The summed E-state index contributed by atoms with van der Waals surface area (Å²) >= 11 is 5.95. The number of carbonyl (C=O) groups is 1. The molecule has 0 N–H and O–H groups in total. The standard InChI is InChI=1S/C24H31ClFN7O3/c1-24(2,3)36-23(34)33-11-10-32(13-15(33)7-8-27)21-17-12-28-20(25)18(26)19(17)29-22(30-21)35-14-16-6-5-9-31(16)4/h12,15-16H,5-7,9-11,13-14H2,1-4H3/t15?,16-/m0/s1. The Balaban J connectivity index is 1.64. The summed E-state index contributed by atoms with van der Waals surface area (Å²) < 4.78 is 26.4. The molecular weight excluding hydrogens is 489 g/mol. The van der Waals surface area contributed by atoms with Crippen LogP contribution in [0.5, 0.6) is 6.01 Å². The van der Waals surface area contributed by atoms with Crippen LogP contribution < -0.4 is 9.64 Å². The second kappa shape index (κ2) is 10.6. The largest absolute Gasteiger partial charge is 0.462 e. The normalized spacial score (nSPS) is 21.0. The number of nitrogens with zero attached hydrogens (tertiary/aromatic N) is 7. The molecule has 10 nitrogen and oxygen atoms in total. The van der Waals surface area contributed by atoms with Gasteiger partial charge < -0.3 is 24.2 Å². The van der Waals surface area contributed by atoms with Gasteiger partial charge >= 0.3 is 12.1 Å². The maximum absolute atomic E-state index is 15.0. The number of amides is 1. The SMILES string of the molecule is CN1CCC[C@H]1COc1nc(N2CCN(C(=O)OC(C)(C)C)C(CC#N)C2)c2cnc(Cl)c(F)c2n1. The molecule has 2 aromatic rings. The lowest BCUT2D eigenvalue weighted by atomic mass is 10.1. The highest BCUT2D eigenvalue weighted by atomic mass is 35.5. The van der Waals surface area contributed by atoms with Crippen LogP contribution in [0.25, 0.3) is 10.9 Å². The van der Waals surface area contributed by atoms with Gasteiger partial charge in [0, 0.05) is 31.9 Å². The van der Waals surface area contributed by atoms with Gasteiger partial charge in [-0.3, -0.25) is 0 Å². The van der Waals surface area contributed by atoms with Crippen molar-refractivity contribution in [2.24, 2.45) is 0 Å². The second-order valence-corrected chi connectivity index (χ2v) is 10.5. The minimum Gasteiger partial charge on any atom is -0.462 e. The Bertz CT molecular complexity index is 1170. The number of piperazine rings is 1. The van der Waals surface area contributed by atoms with Crippen molar-refractivity contribution in [1.29, 1.82) is 5.26 Å². The van der Waals surface area contributed by atoms with Crippen LogP contribution in [0, 0.1) is 17.1 Å². The van der Waals surface area contributed by atoms with Gasteiger partial charge in [0.2, 0.25) is 0 Å². The predicted molar refractivity (Wildman–Crippen MR) is 133 cm³/mol. The zero-order valence-electron chi connectivity index (χ0n) is 21.0. The quantitative estimate of drug-likeness (QED) is 0.547. The number of likely N-dealkylation sites (tertiary alicyclic amines) is 1. The number of fused-ring (bicyclic) bond motifs is 1. The van der Waals surface area contributed by atoms with Gasteiger partial charge in [0.05, 0.1) is 23.9 Å². The first-order valence-corrected chi connectivity index (χ1v) is 12.4. The molecular formula is C24H31ClFN7O3. The summed E-state index contributed by atoms with van der Waals surface area (Å²) in [6.07, 6.45) is 3.16. The molecule has 0 aliphatic carbocycles. The fraction of sp³-hybridized carbons (Fsp3) is 0.625. The van der Waals surface area contributed by atoms with Crippen LogP contribution in [0.15, 0.2) is 6.20 Å². The Morgan fingerprint density at radius 3 is 2.72 bits per heavy atom. The highest BCUT2D eigenvalue weighted by Gasteiger charge is 2.35. The number of anilines is 1. The number of likely N-dealkylation sites (N-methyl/N-ethyl adjacent to an activating group) is 1. The van der Waals surface area contributed by atoms with Crippen molar-refractivity contribution >= 4 is 34.4 Å². The van der Waals surface area contributed by atoms with E-state index in [2.05, 4.69) is 25.9 Å². The third-order valence-electron chi connectivity index (χ3n) is 6.41. The molecule has 194 valence electrons. The van der Waals surface area contributed by atoms with E-state index in [1.165, 1.54) is 6.20 Å². The van der Waals surface area contributed by atoms with E-state index in [1.54, 1.807) is 25.7 Å². The van der Waals surface area contributed by atoms with E-state index < -0.39 is 23.6 Å². The molecule has 2 aromatic heterocycles. The van der Waals surface area contributed by atoms with Gasteiger partial charge in [-0.2, -0.15) is 15.2 Å². The van der Waals surface area contributed by atoms with Gasteiger partial charge in [-0.1, -0.05) is 11.6 Å². The van der Waals surface area contributed by atoms with Crippen molar-refractivity contribution in [3.8, 4) is 12.1 Å². The predicted octanol–water partition coefficient (Wildman–Crippen LogP) is 3.63. The number of hydrogen-bond donors (Lipinski definition) is 0. The molecule has 2 aliphatic heterocycles. The smallest absolute Gasteiger partial charge is 0.410 e. The minimum atomic E-state index is -0.749. The lowest BCUT2D eigenvalue weighted by molar-refractivity contribution is 0.0145. The third kappa shape index (κ3) is 5.71. The van der Waals surface area contributed by atoms with E-state index in [1.807, 2.05) is 11.9 Å². The van der Waals surface area contributed by atoms with Crippen molar-refractivity contribution in [3.63, 3.8) is 0 Å². The summed E-state index contributed by atoms with van der Waals surface area (Å²) in [7, 11) is 2.04. The van der Waals surface area contributed by atoms with Gasteiger partial charge in [0.25, 0.3) is 0 Å². The first-order chi connectivity index (χ1) is 17.1. The van der Waals surface area contributed by atoms with Crippen LogP contribution in [0.3, 0.4) is 0 Å². The van der Waals surface area contributed by atoms with Gasteiger partial charge in [-0.05, 0) is 47.2 Å². The molecule has 36 heavy (non-hydrogen) atoms. The van der Waals surface area contributed by atoms with Crippen molar-refractivity contribution in [1.82, 2.24) is 24.8 Å². The number of nitriles is 1. The van der Waals surface area contributed by atoms with Gasteiger partial charge in [0.1, 0.15) is 23.5 Å². The molecule has 0 radical (unpaired) electrons. The molecule has 2 atom stereocenters. The number of pyridine rings is 1. The number of halogens is 2. The summed E-state index contributed by atoms with van der Waals surface area (Å²) in [6, 6.07) is 1.99. The van der Waals surface area contributed by atoms with Gasteiger partial charge in [-0.15, -0.1) is 0 Å². The molecule has 0 saturated carbocycles. The topological polar surface area (TPSA) is 108 Å². The molecule has 2 saturated heterocycles. The Kier molecular flexibility index (Phi) is 7.66. The number of hydrogen-bond acceptors (Lipinski definition) is 9. The maximum atomic E-state index is 15.0. The van der Waals surface area contributed by atoms with E-state index in [9.17, 15) is 14.4 Å². The molecule has 1 unspecified atom stereocenters. The van der Waals surface area contributed by atoms with Crippen LogP contribution in [-0.2, 0) is 4.74 Å². The molecule has 2 fully saturated rings. The molecule has 4 rings (SSSR count). The Labute approximate surface area is 214 Å². The van der Waals surface area contributed by atoms with Crippen LogP contribution >= 0.6 is 11.6 Å². The van der Waals surface area contributed by atoms with Crippen molar-refractivity contribution in [2.45, 2.75) is 57.7 Å². The third-order valence-corrected chi connectivity index (χ3v) is 6.68. The molecule has 0 bridgehead atoms. The molecule has 4 heterocycles. The zero-order chi connectivity index (χ0) is 26.0. The summed E-state index contributed by atoms with van der Waals surface area (Å²) in [4.78, 5) is 31.3. The van der Waals surface area contributed by atoms with E-state index in [-0.39, 0.29) is 29.1 Å².